The quantitative estimate of drug-likeness (QED) is 0.609. The lowest BCUT2D eigenvalue weighted by atomic mass is 10.2. The van der Waals surface area contributed by atoms with Crippen molar-refractivity contribution in [3.63, 3.8) is 0 Å². The lowest BCUT2D eigenvalue weighted by Crippen LogP contribution is -2.07. The summed E-state index contributed by atoms with van der Waals surface area (Å²) in [5.74, 6) is 1.77. The number of fused-ring (bicyclic) bond motifs is 1. The summed E-state index contributed by atoms with van der Waals surface area (Å²) in [5, 5.41) is 5.03. The summed E-state index contributed by atoms with van der Waals surface area (Å²) in [6, 6.07) is 1.92. The van der Waals surface area contributed by atoms with Gasteiger partial charge in [-0.2, -0.15) is 5.10 Å². The zero-order valence-electron chi connectivity index (χ0n) is 10.3. The molecule has 0 aliphatic carbocycles. The normalized spacial score (nSPS) is 10.6. The Kier molecular flexibility index (Phi) is 3.28. The largest absolute Gasteiger partial charge is 0.449 e. The molecular formula is C13H13N3O2. The van der Waals surface area contributed by atoms with E-state index in [9.17, 15) is 4.79 Å². The summed E-state index contributed by atoms with van der Waals surface area (Å²) in [6.07, 6.45) is 8.18. The van der Waals surface area contributed by atoms with Crippen molar-refractivity contribution in [2.24, 2.45) is 0 Å². The van der Waals surface area contributed by atoms with Gasteiger partial charge < -0.3 is 4.74 Å². The van der Waals surface area contributed by atoms with Crippen molar-refractivity contribution in [2.45, 2.75) is 19.9 Å². The molecular weight excluding hydrogens is 230 g/mol. The van der Waals surface area contributed by atoms with Crippen molar-refractivity contribution in [2.75, 3.05) is 6.61 Å². The minimum Gasteiger partial charge on any atom is -0.449 e. The van der Waals surface area contributed by atoms with Gasteiger partial charge in [-0.3, -0.25) is 0 Å². The Hall–Kier alpha value is -2.35. The maximum Gasteiger partial charge on any atom is 0.340 e. The number of rotatable bonds is 3. The Morgan fingerprint density at radius 3 is 3.00 bits per heavy atom. The van der Waals surface area contributed by atoms with Crippen molar-refractivity contribution in [1.29, 1.82) is 0 Å². The molecule has 2 rings (SSSR count). The second-order valence-corrected chi connectivity index (χ2v) is 4.10. The molecule has 0 bridgehead atoms. The number of hydrogen-bond donors (Lipinski definition) is 0. The highest BCUT2D eigenvalue weighted by molar-refractivity contribution is 5.93. The molecule has 0 N–H and O–H groups in total. The molecule has 0 fully saturated rings. The van der Waals surface area contributed by atoms with Crippen LogP contribution in [0.3, 0.4) is 0 Å². The maximum atomic E-state index is 11.6. The van der Waals surface area contributed by atoms with Gasteiger partial charge >= 0.3 is 5.97 Å². The van der Waals surface area contributed by atoms with Gasteiger partial charge in [0, 0.05) is 17.6 Å². The van der Waals surface area contributed by atoms with E-state index in [1.807, 2.05) is 13.8 Å². The highest BCUT2D eigenvalue weighted by atomic mass is 16.5. The number of terminal acetylenes is 1. The molecule has 2 heterocycles. The second kappa shape index (κ2) is 4.88. The average molecular weight is 243 g/mol. The van der Waals surface area contributed by atoms with Gasteiger partial charge in [0.1, 0.15) is 0 Å². The molecule has 0 aliphatic rings. The third-order valence-corrected chi connectivity index (χ3v) is 2.44. The number of ether oxygens (including phenoxy) is 1. The fourth-order valence-electron chi connectivity index (χ4n) is 1.62. The Balaban J connectivity index is 2.35. The van der Waals surface area contributed by atoms with Crippen molar-refractivity contribution in [3.05, 3.63) is 24.0 Å². The molecule has 5 nitrogen and oxygen atoms in total. The molecule has 0 unspecified atom stereocenters. The third-order valence-electron chi connectivity index (χ3n) is 2.44. The molecule has 0 saturated carbocycles. The summed E-state index contributed by atoms with van der Waals surface area (Å²) in [7, 11) is 0. The summed E-state index contributed by atoms with van der Waals surface area (Å²) in [4.78, 5) is 15.8. The van der Waals surface area contributed by atoms with Crippen LogP contribution in [0.1, 0.15) is 30.2 Å². The highest BCUT2D eigenvalue weighted by Gasteiger charge is 2.12. The summed E-state index contributed by atoms with van der Waals surface area (Å²) < 4.78 is 6.64. The lowest BCUT2D eigenvalue weighted by molar-refractivity contribution is 0.0556. The smallest absolute Gasteiger partial charge is 0.340 e. The van der Waals surface area contributed by atoms with Crippen LogP contribution in [0.4, 0.5) is 0 Å². The summed E-state index contributed by atoms with van der Waals surface area (Å²) >= 11 is 0. The number of nitrogens with zero attached hydrogens (tertiary/aromatic N) is 3. The van der Waals surface area contributed by atoms with Crippen LogP contribution in [0.5, 0.6) is 0 Å². The topological polar surface area (TPSA) is 57.0 Å². The Bertz CT molecular complexity index is 623. The molecule has 92 valence electrons. The summed E-state index contributed by atoms with van der Waals surface area (Å²) in [5.41, 5.74) is 1.12. The Labute approximate surface area is 105 Å². The molecule has 0 amide bonds. The Morgan fingerprint density at radius 1 is 1.56 bits per heavy atom. The SMILES string of the molecule is C#CCOC(=O)c1cnc2c(cnn2C(C)C)c1. The van der Waals surface area contributed by atoms with E-state index >= 15 is 0 Å². The number of hydrogen-bond acceptors (Lipinski definition) is 4. The maximum absolute atomic E-state index is 11.6. The monoisotopic (exact) mass is 243 g/mol. The molecule has 0 saturated heterocycles. The van der Waals surface area contributed by atoms with Gasteiger partial charge in [0.15, 0.2) is 12.3 Å². The first-order valence-electron chi connectivity index (χ1n) is 5.57. The van der Waals surface area contributed by atoms with Gasteiger partial charge in [-0.1, -0.05) is 5.92 Å². The molecule has 0 atom stereocenters. The lowest BCUT2D eigenvalue weighted by Gasteiger charge is -2.06. The van der Waals surface area contributed by atoms with Gasteiger partial charge in [-0.15, -0.1) is 6.42 Å². The standard InChI is InChI=1S/C13H13N3O2/c1-4-5-18-13(17)11-6-10-8-15-16(9(2)3)12(10)14-7-11/h1,6-9H,5H2,2-3H3. The van der Waals surface area contributed by atoms with Crippen LogP contribution in [0.2, 0.25) is 0 Å². The first-order valence-corrected chi connectivity index (χ1v) is 5.57. The van der Waals surface area contributed by atoms with Gasteiger partial charge in [-0.05, 0) is 19.9 Å². The molecule has 0 aliphatic heterocycles. The minimum atomic E-state index is -0.473. The molecule has 2 aromatic rings. The van der Waals surface area contributed by atoms with Crippen molar-refractivity contribution in [3.8, 4) is 12.3 Å². The first-order chi connectivity index (χ1) is 8.63. The zero-order valence-corrected chi connectivity index (χ0v) is 10.3. The number of aromatic nitrogens is 3. The van der Waals surface area contributed by atoms with E-state index in [1.165, 1.54) is 6.20 Å². The van der Waals surface area contributed by atoms with Gasteiger partial charge in [0.2, 0.25) is 0 Å². The average Bonchev–Trinajstić information content (AvgIpc) is 2.78. The van der Waals surface area contributed by atoms with Crippen LogP contribution in [0.15, 0.2) is 18.5 Å². The fraction of sp³-hybridized carbons (Fsp3) is 0.308. The van der Waals surface area contributed by atoms with Gasteiger partial charge in [0.05, 0.1) is 11.8 Å². The van der Waals surface area contributed by atoms with Crippen molar-refractivity contribution in [1.82, 2.24) is 14.8 Å². The summed E-state index contributed by atoms with van der Waals surface area (Å²) in [6.45, 7) is 3.99. The fourth-order valence-corrected chi connectivity index (χ4v) is 1.62. The molecule has 0 spiro atoms. The predicted octanol–water partition coefficient (Wildman–Crippen LogP) is 1.80. The van der Waals surface area contributed by atoms with E-state index in [0.29, 0.717) is 5.56 Å². The molecule has 2 aromatic heterocycles. The van der Waals surface area contributed by atoms with Gasteiger partial charge in [0.25, 0.3) is 0 Å². The highest BCUT2D eigenvalue weighted by Crippen LogP contribution is 2.16. The van der Waals surface area contributed by atoms with E-state index in [4.69, 9.17) is 11.2 Å². The molecule has 0 radical (unpaired) electrons. The number of carbonyl (C=O) groups is 1. The molecule has 18 heavy (non-hydrogen) atoms. The van der Waals surface area contributed by atoms with E-state index in [2.05, 4.69) is 16.0 Å². The van der Waals surface area contributed by atoms with Crippen LogP contribution >= 0.6 is 0 Å². The molecule has 0 aromatic carbocycles. The van der Waals surface area contributed by atoms with Crippen molar-refractivity contribution < 1.29 is 9.53 Å². The third kappa shape index (κ3) is 2.18. The van der Waals surface area contributed by atoms with E-state index in [-0.39, 0.29) is 12.6 Å². The first kappa shape index (κ1) is 12.1. The van der Waals surface area contributed by atoms with Crippen LogP contribution in [0.25, 0.3) is 11.0 Å². The number of esters is 1. The Morgan fingerprint density at radius 2 is 2.33 bits per heavy atom. The minimum absolute atomic E-state index is 0.0396. The van der Waals surface area contributed by atoms with Crippen LogP contribution in [0, 0.1) is 12.3 Å². The van der Waals surface area contributed by atoms with Crippen LogP contribution in [-0.4, -0.2) is 27.3 Å². The van der Waals surface area contributed by atoms with E-state index in [1.54, 1.807) is 16.9 Å². The predicted molar refractivity (Wildman–Crippen MR) is 67.0 cm³/mol. The van der Waals surface area contributed by atoms with E-state index < -0.39 is 5.97 Å². The zero-order chi connectivity index (χ0) is 13.1. The second-order valence-electron chi connectivity index (χ2n) is 4.10. The van der Waals surface area contributed by atoms with Crippen molar-refractivity contribution >= 4 is 17.0 Å². The number of carbonyl (C=O) groups excluding carboxylic acids is 1. The number of pyridine rings is 1. The van der Waals surface area contributed by atoms with Gasteiger partial charge in [-0.25, -0.2) is 14.5 Å². The van der Waals surface area contributed by atoms with Crippen LogP contribution < -0.4 is 0 Å². The van der Waals surface area contributed by atoms with Crippen LogP contribution in [-0.2, 0) is 4.74 Å². The van der Waals surface area contributed by atoms with E-state index in [0.717, 1.165) is 11.0 Å². The molecule has 5 heteroatoms.